The van der Waals surface area contributed by atoms with Gasteiger partial charge in [0.25, 0.3) is 0 Å². The molecule has 0 atom stereocenters. The Balaban J connectivity index is 2.24. The lowest BCUT2D eigenvalue weighted by molar-refractivity contribution is 1.07. The average molecular weight is 212 g/mol. The topological polar surface area (TPSA) is 38.0 Å². The molecule has 0 unspecified atom stereocenters. The molecule has 2 aromatic carbocycles. The summed E-state index contributed by atoms with van der Waals surface area (Å²) in [4.78, 5) is 0. The Morgan fingerprint density at radius 2 is 1.88 bits per heavy atom. The Kier molecular flexibility index (Phi) is 3.22. The third kappa shape index (κ3) is 2.41. The number of hydrogen-bond acceptors (Lipinski definition) is 2. The van der Waals surface area contributed by atoms with E-state index in [0.717, 1.165) is 16.9 Å². The maximum atomic E-state index is 5.61. The number of anilines is 2. The molecule has 2 rings (SSSR count). The molecule has 3 N–H and O–H groups in total. The summed E-state index contributed by atoms with van der Waals surface area (Å²) in [5.41, 5.74) is 10.2. The van der Waals surface area contributed by atoms with E-state index < -0.39 is 0 Å². The molecule has 16 heavy (non-hydrogen) atoms. The Hall–Kier alpha value is -1.80. The first-order valence-electron chi connectivity index (χ1n) is 5.41. The van der Waals surface area contributed by atoms with E-state index in [1.807, 2.05) is 30.3 Å². The predicted octanol–water partition coefficient (Wildman–Crippen LogP) is 3.20. The summed E-state index contributed by atoms with van der Waals surface area (Å²) in [6.07, 6.45) is 0. The van der Waals surface area contributed by atoms with Gasteiger partial charge in [0, 0.05) is 17.9 Å². The van der Waals surface area contributed by atoms with E-state index >= 15 is 0 Å². The van der Waals surface area contributed by atoms with Crippen molar-refractivity contribution >= 4 is 11.4 Å². The van der Waals surface area contributed by atoms with Gasteiger partial charge in [-0.3, -0.25) is 0 Å². The lowest BCUT2D eigenvalue weighted by Crippen LogP contribution is -1.98. The Labute approximate surface area is 96.1 Å². The van der Waals surface area contributed by atoms with Crippen LogP contribution in [-0.4, -0.2) is 0 Å². The molecule has 0 saturated heterocycles. The molecule has 82 valence electrons. The molecule has 0 saturated carbocycles. The number of nitrogens with two attached hydrogens (primary N) is 1. The summed E-state index contributed by atoms with van der Waals surface area (Å²) in [5, 5.41) is 3.39. The van der Waals surface area contributed by atoms with Crippen LogP contribution >= 0.6 is 0 Å². The quantitative estimate of drug-likeness (QED) is 0.820. The highest BCUT2D eigenvalue weighted by atomic mass is 14.9. The fourth-order valence-corrected chi connectivity index (χ4v) is 1.64. The van der Waals surface area contributed by atoms with E-state index in [1.54, 1.807) is 0 Å². The van der Waals surface area contributed by atoms with Crippen molar-refractivity contribution in [2.24, 2.45) is 5.73 Å². The second kappa shape index (κ2) is 4.81. The zero-order valence-corrected chi connectivity index (χ0v) is 9.40. The van der Waals surface area contributed by atoms with E-state index in [1.165, 1.54) is 5.56 Å². The van der Waals surface area contributed by atoms with Crippen LogP contribution in [0.4, 0.5) is 11.4 Å². The minimum absolute atomic E-state index is 0.573. The second-order valence-electron chi connectivity index (χ2n) is 3.84. The largest absolute Gasteiger partial charge is 0.355 e. The molecule has 0 aliphatic heterocycles. The van der Waals surface area contributed by atoms with Crippen LogP contribution in [-0.2, 0) is 6.54 Å². The highest BCUT2D eigenvalue weighted by Gasteiger charge is 1.98. The zero-order chi connectivity index (χ0) is 11.4. The number of para-hydroxylation sites is 1. The molecule has 0 aromatic heterocycles. The standard InChI is InChI=1S/C14H16N2/c1-11-5-2-3-8-14(11)16-13-7-4-6-12(9-13)10-15/h2-9,16H,10,15H2,1H3. The highest BCUT2D eigenvalue weighted by molar-refractivity contribution is 5.63. The fraction of sp³-hybridized carbons (Fsp3) is 0.143. The van der Waals surface area contributed by atoms with Crippen LogP contribution in [0.25, 0.3) is 0 Å². The molecule has 2 nitrogen and oxygen atoms in total. The lowest BCUT2D eigenvalue weighted by atomic mass is 10.1. The van der Waals surface area contributed by atoms with E-state index in [4.69, 9.17) is 5.73 Å². The van der Waals surface area contributed by atoms with Crippen LogP contribution in [0.3, 0.4) is 0 Å². The van der Waals surface area contributed by atoms with Crippen LogP contribution in [0.2, 0.25) is 0 Å². The summed E-state index contributed by atoms with van der Waals surface area (Å²) in [5.74, 6) is 0. The van der Waals surface area contributed by atoms with Gasteiger partial charge >= 0.3 is 0 Å². The molecule has 0 fully saturated rings. The molecular formula is C14H16N2. The number of hydrogen-bond donors (Lipinski definition) is 2. The van der Waals surface area contributed by atoms with Gasteiger partial charge in [-0.1, -0.05) is 30.3 Å². The smallest absolute Gasteiger partial charge is 0.0413 e. The number of aryl methyl sites for hydroxylation is 1. The van der Waals surface area contributed by atoms with Crippen molar-refractivity contribution in [3.8, 4) is 0 Å². The maximum absolute atomic E-state index is 5.61. The van der Waals surface area contributed by atoms with Crippen molar-refractivity contribution in [3.05, 3.63) is 59.7 Å². The van der Waals surface area contributed by atoms with Crippen molar-refractivity contribution in [3.63, 3.8) is 0 Å². The fourth-order valence-electron chi connectivity index (χ4n) is 1.64. The first kappa shape index (κ1) is 10.7. The van der Waals surface area contributed by atoms with Crippen molar-refractivity contribution in [2.45, 2.75) is 13.5 Å². The van der Waals surface area contributed by atoms with Crippen LogP contribution < -0.4 is 11.1 Å². The van der Waals surface area contributed by atoms with Gasteiger partial charge in [0.1, 0.15) is 0 Å². The van der Waals surface area contributed by atoms with Gasteiger partial charge in [0.2, 0.25) is 0 Å². The van der Waals surface area contributed by atoms with Crippen LogP contribution in [0.1, 0.15) is 11.1 Å². The van der Waals surface area contributed by atoms with Gasteiger partial charge in [-0.25, -0.2) is 0 Å². The lowest BCUT2D eigenvalue weighted by Gasteiger charge is -2.10. The molecule has 0 aliphatic rings. The molecule has 2 aromatic rings. The van der Waals surface area contributed by atoms with Crippen LogP contribution in [0, 0.1) is 6.92 Å². The molecule has 0 aliphatic carbocycles. The molecule has 0 amide bonds. The predicted molar refractivity (Wildman–Crippen MR) is 68.8 cm³/mol. The normalized spacial score (nSPS) is 10.1. The Bertz CT molecular complexity index is 478. The number of benzene rings is 2. The van der Waals surface area contributed by atoms with Gasteiger partial charge in [-0.15, -0.1) is 0 Å². The molecule has 0 heterocycles. The van der Waals surface area contributed by atoms with E-state index in [-0.39, 0.29) is 0 Å². The molecule has 0 bridgehead atoms. The number of nitrogens with one attached hydrogen (secondary N) is 1. The van der Waals surface area contributed by atoms with Crippen molar-refractivity contribution < 1.29 is 0 Å². The first-order chi connectivity index (χ1) is 7.79. The van der Waals surface area contributed by atoms with E-state index in [2.05, 4.69) is 30.4 Å². The van der Waals surface area contributed by atoms with Crippen molar-refractivity contribution in [1.29, 1.82) is 0 Å². The average Bonchev–Trinajstić information content (AvgIpc) is 2.32. The van der Waals surface area contributed by atoms with Crippen LogP contribution in [0.5, 0.6) is 0 Å². The third-order valence-electron chi connectivity index (χ3n) is 2.59. The zero-order valence-electron chi connectivity index (χ0n) is 9.40. The van der Waals surface area contributed by atoms with E-state index in [0.29, 0.717) is 6.54 Å². The molecular weight excluding hydrogens is 196 g/mol. The van der Waals surface area contributed by atoms with Gasteiger partial charge in [0.05, 0.1) is 0 Å². The summed E-state index contributed by atoms with van der Waals surface area (Å²) in [7, 11) is 0. The van der Waals surface area contributed by atoms with Crippen molar-refractivity contribution in [1.82, 2.24) is 0 Å². The highest BCUT2D eigenvalue weighted by Crippen LogP contribution is 2.20. The summed E-state index contributed by atoms with van der Waals surface area (Å²) in [6, 6.07) is 16.4. The Morgan fingerprint density at radius 1 is 1.06 bits per heavy atom. The Morgan fingerprint density at radius 3 is 2.62 bits per heavy atom. The minimum atomic E-state index is 0.573. The summed E-state index contributed by atoms with van der Waals surface area (Å²) in [6.45, 7) is 2.67. The summed E-state index contributed by atoms with van der Waals surface area (Å²) >= 11 is 0. The van der Waals surface area contributed by atoms with Gasteiger partial charge in [0.15, 0.2) is 0 Å². The molecule has 2 heteroatoms. The first-order valence-corrected chi connectivity index (χ1v) is 5.41. The minimum Gasteiger partial charge on any atom is -0.355 e. The molecule has 0 spiro atoms. The van der Waals surface area contributed by atoms with Crippen LogP contribution in [0.15, 0.2) is 48.5 Å². The number of rotatable bonds is 3. The van der Waals surface area contributed by atoms with Gasteiger partial charge in [-0.05, 0) is 36.2 Å². The maximum Gasteiger partial charge on any atom is 0.0413 e. The molecule has 0 radical (unpaired) electrons. The van der Waals surface area contributed by atoms with Crippen molar-refractivity contribution in [2.75, 3.05) is 5.32 Å². The van der Waals surface area contributed by atoms with Gasteiger partial charge in [-0.2, -0.15) is 0 Å². The summed E-state index contributed by atoms with van der Waals surface area (Å²) < 4.78 is 0. The van der Waals surface area contributed by atoms with E-state index in [9.17, 15) is 0 Å². The monoisotopic (exact) mass is 212 g/mol. The third-order valence-corrected chi connectivity index (χ3v) is 2.59. The second-order valence-corrected chi connectivity index (χ2v) is 3.84. The van der Waals surface area contributed by atoms with Gasteiger partial charge < -0.3 is 11.1 Å². The SMILES string of the molecule is Cc1ccccc1Nc1cccc(CN)c1.